The minimum absolute atomic E-state index is 0.0756. The number of nitrogens with zero attached hydrogens (tertiary/aromatic N) is 4. The summed E-state index contributed by atoms with van der Waals surface area (Å²) in [5, 5.41) is 19.9. The van der Waals surface area contributed by atoms with Gasteiger partial charge in [0.15, 0.2) is 5.69 Å². The Kier molecular flexibility index (Phi) is 9.33. The molecule has 1 saturated heterocycles. The zero-order valence-corrected chi connectivity index (χ0v) is 20.0. The number of piperazine rings is 1. The summed E-state index contributed by atoms with van der Waals surface area (Å²) in [5.41, 5.74) is -0.485. The molecular weight excluding hydrogens is 506 g/mol. The lowest BCUT2D eigenvalue weighted by molar-refractivity contribution is -0.192. The van der Waals surface area contributed by atoms with Crippen LogP contribution < -0.4 is 10.9 Å². The molecule has 15 heteroatoms. The second kappa shape index (κ2) is 11.8. The van der Waals surface area contributed by atoms with Crippen molar-refractivity contribution in [3.05, 3.63) is 57.5 Å². The number of carboxylic acid groups (broad SMARTS) is 1. The van der Waals surface area contributed by atoms with Gasteiger partial charge in [-0.1, -0.05) is 12.1 Å². The molecule has 0 aliphatic carbocycles. The number of halogens is 4. The Morgan fingerprint density at radius 2 is 1.70 bits per heavy atom. The first-order valence-electron chi connectivity index (χ1n) is 10.7. The molecule has 11 nitrogen and oxygen atoms in total. The highest BCUT2D eigenvalue weighted by atomic mass is 19.4. The minimum atomic E-state index is -5.08. The molecule has 0 radical (unpaired) electrons. The third-order valence-electron chi connectivity index (χ3n) is 5.52. The van der Waals surface area contributed by atoms with Crippen LogP contribution in [0.4, 0.5) is 17.6 Å². The van der Waals surface area contributed by atoms with E-state index in [9.17, 15) is 37.1 Å². The van der Waals surface area contributed by atoms with Crippen molar-refractivity contribution in [1.29, 1.82) is 0 Å². The molecule has 1 aromatic carbocycles. The molecule has 1 aliphatic rings. The number of hydrogen-bond acceptors (Lipinski definition) is 7. The number of carboxylic acids is 1. The van der Waals surface area contributed by atoms with Crippen molar-refractivity contribution < 1.29 is 42.2 Å². The number of hydrogen-bond donors (Lipinski definition) is 3. The molecule has 3 N–H and O–H groups in total. The molecule has 1 fully saturated rings. The average molecular weight is 531 g/mol. The molecule has 2 heterocycles. The molecule has 0 bridgehead atoms. The quantitative estimate of drug-likeness (QED) is 0.496. The first kappa shape index (κ1) is 29.2. The van der Waals surface area contributed by atoms with Gasteiger partial charge in [-0.25, -0.2) is 14.2 Å². The van der Waals surface area contributed by atoms with E-state index >= 15 is 0 Å². The van der Waals surface area contributed by atoms with E-state index in [1.807, 2.05) is 11.9 Å². The number of likely N-dealkylation sites (N-methyl/N-ethyl adjacent to an activating group) is 1. The van der Waals surface area contributed by atoms with Gasteiger partial charge in [0.1, 0.15) is 11.6 Å². The fraction of sp³-hybridized carbons (Fsp3) is 0.409. The molecule has 2 aromatic rings. The summed E-state index contributed by atoms with van der Waals surface area (Å²) in [6.07, 6.45) is -5.08. The van der Waals surface area contributed by atoms with Gasteiger partial charge in [-0.2, -0.15) is 13.2 Å². The molecule has 1 atom stereocenters. The lowest BCUT2D eigenvalue weighted by atomic mass is 10.1. The van der Waals surface area contributed by atoms with E-state index in [-0.39, 0.29) is 24.0 Å². The zero-order chi connectivity index (χ0) is 28.1. The van der Waals surface area contributed by atoms with E-state index in [1.54, 1.807) is 4.90 Å². The summed E-state index contributed by atoms with van der Waals surface area (Å²) in [6, 6.07) is 5.17. The van der Waals surface area contributed by atoms with Crippen LogP contribution in [0.25, 0.3) is 0 Å². The Hall–Kier alpha value is -4.01. The summed E-state index contributed by atoms with van der Waals surface area (Å²) >= 11 is 0. The largest absolute Gasteiger partial charge is 0.501 e. The van der Waals surface area contributed by atoms with Crippen molar-refractivity contribution >= 4 is 17.8 Å². The number of carbonyl (C=O) groups is 3. The van der Waals surface area contributed by atoms with Crippen LogP contribution in [0.5, 0.6) is 5.75 Å². The SMILES string of the molecule is CC(=O)N1CCN(C)C(c2nc(C(=O)NCc3ccc(F)cc3)c(O)c(=O)n2C)C1.O=C(O)C(F)(F)F. The average Bonchev–Trinajstić information content (AvgIpc) is 2.82. The van der Waals surface area contributed by atoms with Crippen molar-refractivity contribution in [3.63, 3.8) is 0 Å². The number of nitrogens with one attached hydrogen (secondary N) is 1. The minimum Gasteiger partial charge on any atom is -0.501 e. The lowest BCUT2D eigenvalue weighted by Crippen LogP contribution is -2.50. The van der Waals surface area contributed by atoms with Crippen molar-refractivity contribution in [2.24, 2.45) is 7.05 Å². The molecule has 3 rings (SSSR count). The summed E-state index contributed by atoms with van der Waals surface area (Å²) in [6.45, 7) is 2.99. The van der Waals surface area contributed by atoms with E-state index in [0.29, 0.717) is 25.2 Å². The van der Waals surface area contributed by atoms with Crippen molar-refractivity contribution in [3.8, 4) is 5.75 Å². The number of alkyl halides is 3. The van der Waals surface area contributed by atoms with Crippen molar-refractivity contribution in [2.75, 3.05) is 26.7 Å². The van der Waals surface area contributed by atoms with Crippen LogP contribution in [0.2, 0.25) is 0 Å². The third-order valence-corrected chi connectivity index (χ3v) is 5.52. The normalized spacial score (nSPS) is 16.0. The van der Waals surface area contributed by atoms with Gasteiger partial charge in [-0.15, -0.1) is 0 Å². The summed E-state index contributed by atoms with van der Waals surface area (Å²) in [4.78, 5) is 53.7. The summed E-state index contributed by atoms with van der Waals surface area (Å²) in [7, 11) is 3.31. The van der Waals surface area contributed by atoms with Gasteiger partial charge in [-0.05, 0) is 24.7 Å². The van der Waals surface area contributed by atoms with Crippen LogP contribution in [0.1, 0.15) is 34.8 Å². The number of rotatable bonds is 4. The van der Waals surface area contributed by atoms with Gasteiger partial charge < -0.3 is 20.4 Å². The number of aromatic hydroxyl groups is 1. The van der Waals surface area contributed by atoms with E-state index < -0.39 is 41.2 Å². The fourth-order valence-corrected chi connectivity index (χ4v) is 3.37. The molecule has 202 valence electrons. The van der Waals surface area contributed by atoms with Crippen LogP contribution in [-0.4, -0.2) is 80.2 Å². The first-order chi connectivity index (χ1) is 17.1. The van der Waals surface area contributed by atoms with E-state index in [2.05, 4.69) is 10.3 Å². The fourth-order valence-electron chi connectivity index (χ4n) is 3.37. The first-order valence-corrected chi connectivity index (χ1v) is 10.7. The number of benzene rings is 1. The predicted octanol–water partition coefficient (Wildman–Crippen LogP) is 1.02. The van der Waals surface area contributed by atoms with Crippen LogP contribution in [0, 0.1) is 5.82 Å². The van der Waals surface area contributed by atoms with Gasteiger partial charge in [-0.3, -0.25) is 23.9 Å². The van der Waals surface area contributed by atoms with Gasteiger partial charge in [0.25, 0.3) is 11.5 Å². The Morgan fingerprint density at radius 1 is 1.14 bits per heavy atom. The monoisotopic (exact) mass is 531 g/mol. The number of aromatic nitrogens is 2. The predicted molar refractivity (Wildman–Crippen MR) is 120 cm³/mol. The molecule has 37 heavy (non-hydrogen) atoms. The summed E-state index contributed by atoms with van der Waals surface area (Å²) in [5.74, 6) is -4.44. The smallest absolute Gasteiger partial charge is 0.490 e. The highest BCUT2D eigenvalue weighted by molar-refractivity contribution is 5.94. The van der Waals surface area contributed by atoms with Gasteiger partial charge >= 0.3 is 12.1 Å². The maximum atomic E-state index is 13.0. The lowest BCUT2D eigenvalue weighted by Gasteiger charge is -2.39. The van der Waals surface area contributed by atoms with E-state index in [0.717, 1.165) is 0 Å². The van der Waals surface area contributed by atoms with Crippen LogP contribution in [-0.2, 0) is 23.2 Å². The topological polar surface area (TPSA) is 145 Å². The molecule has 1 unspecified atom stereocenters. The van der Waals surface area contributed by atoms with Gasteiger partial charge in [0.05, 0.1) is 6.04 Å². The second-order valence-electron chi connectivity index (χ2n) is 8.10. The Balaban J connectivity index is 0.000000604. The number of aliphatic carboxylic acids is 1. The number of carbonyl (C=O) groups excluding carboxylic acids is 2. The van der Waals surface area contributed by atoms with Crippen LogP contribution in [0.15, 0.2) is 29.1 Å². The maximum Gasteiger partial charge on any atom is 0.490 e. The molecular formula is C22H25F4N5O6. The second-order valence-corrected chi connectivity index (χ2v) is 8.10. The van der Waals surface area contributed by atoms with Crippen molar-refractivity contribution in [2.45, 2.75) is 25.7 Å². The zero-order valence-electron chi connectivity index (χ0n) is 20.0. The van der Waals surface area contributed by atoms with Crippen molar-refractivity contribution in [1.82, 2.24) is 24.7 Å². The highest BCUT2D eigenvalue weighted by Gasteiger charge is 2.38. The Morgan fingerprint density at radius 3 is 2.22 bits per heavy atom. The highest BCUT2D eigenvalue weighted by Crippen LogP contribution is 2.23. The Labute approximate surface area is 207 Å². The van der Waals surface area contributed by atoms with Crippen LogP contribution in [0.3, 0.4) is 0 Å². The molecule has 1 aromatic heterocycles. The number of amides is 2. The van der Waals surface area contributed by atoms with Crippen LogP contribution >= 0.6 is 0 Å². The Bertz CT molecular complexity index is 1220. The summed E-state index contributed by atoms with van der Waals surface area (Å²) < 4.78 is 45.9. The molecule has 1 aliphatic heterocycles. The van der Waals surface area contributed by atoms with E-state index in [1.165, 1.54) is 42.8 Å². The molecule has 2 amide bonds. The molecule has 0 spiro atoms. The third kappa shape index (κ3) is 7.49. The molecule has 0 saturated carbocycles. The van der Waals surface area contributed by atoms with Gasteiger partial charge in [0, 0.05) is 40.2 Å². The maximum absolute atomic E-state index is 13.0. The van der Waals surface area contributed by atoms with E-state index in [4.69, 9.17) is 9.90 Å². The van der Waals surface area contributed by atoms with Gasteiger partial charge in [0.2, 0.25) is 11.7 Å². The standard InChI is InChI=1S/C20H24FN5O4.C2HF3O2/c1-12(27)26-9-8-24(2)15(11-26)18-23-16(17(28)20(30)25(18)3)19(29)22-10-13-4-6-14(21)7-5-13;3-2(4,5)1(6)7/h4-7,15,28H,8-11H2,1-3H3,(H,22,29);(H,6,7).